The molecule has 33 heavy (non-hydrogen) atoms. The van der Waals surface area contributed by atoms with Gasteiger partial charge in [0.1, 0.15) is 24.0 Å². The summed E-state index contributed by atoms with van der Waals surface area (Å²) in [6.07, 6.45) is 1.66. The van der Waals surface area contributed by atoms with Crippen molar-refractivity contribution >= 4 is 11.5 Å². The van der Waals surface area contributed by atoms with E-state index >= 15 is 0 Å². The molecule has 168 valence electrons. The lowest BCUT2D eigenvalue weighted by atomic mass is 9.77. The van der Waals surface area contributed by atoms with Crippen molar-refractivity contribution in [1.29, 1.82) is 5.26 Å². The molecule has 9 heteroatoms. The zero-order chi connectivity index (χ0) is 23.5. The Kier molecular flexibility index (Phi) is 6.00. The number of allylic oxidation sites excluding steroid dienone is 3. The number of hydrogen-bond donors (Lipinski definition) is 1. The van der Waals surface area contributed by atoms with Crippen molar-refractivity contribution in [3.8, 4) is 17.6 Å². The molecule has 2 N–H and O–H groups in total. The highest BCUT2D eigenvalue weighted by molar-refractivity contribution is 5.99. The molecule has 4 rings (SSSR count). The first-order valence-electron chi connectivity index (χ1n) is 10.3. The van der Waals surface area contributed by atoms with Crippen molar-refractivity contribution in [3.63, 3.8) is 0 Å². The van der Waals surface area contributed by atoms with Crippen LogP contribution in [0.25, 0.3) is 0 Å². The summed E-state index contributed by atoms with van der Waals surface area (Å²) in [5.41, 5.74) is 8.08. The summed E-state index contributed by atoms with van der Waals surface area (Å²) in [7, 11) is 1.49. The van der Waals surface area contributed by atoms with Crippen LogP contribution in [-0.4, -0.2) is 17.8 Å². The van der Waals surface area contributed by atoms with Crippen LogP contribution in [0.4, 0.5) is 5.69 Å². The lowest BCUT2D eigenvalue weighted by Gasteiger charge is -2.31. The smallest absolute Gasteiger partial charge is 0.269 e. The third kappa shape index (κ3) is 4.23. The van der Waals surface area contributed by atoms with E-state index in [0.29, 0.717) is 47.7 Å². The monoisotopic (exact) mass is 447 g/mol. The van der Waals surface area contributed by atoms with E-state index in [1.165, 1.54) is 19.2 Å². The predicted octanol–water partition coefficient (Wildman–Crippen LogP) is 4.00. The first kappa shape index (κ1) is 21.9. The summed E-state index contributed by atoms with van der Waals surface area (Å²) in [6, 6.07) is 13.3. The number of carbonyl (C=O) groups excluding carboxylic acids is 1. The largest absolute Gasteiger partial charge is 0.493 e. The number of nitro groups is 1. The van der Waals surface area contributed by atoms with Gasteiger partial charge in [-0.3, -0.25) is 14.9 Å². The molecule has 0 saturated heterocycles. The molecule has 1 atom stereocenters. The Hall–Kier alpha value is -4.32. The Morgan fingerprint density at radius 1 is 1.21 bits per heavy atom. The molecule has 1 aliphatic heterocycles. The van der Waals surface area contributed by atoms with Crippen LogP contribution in [0.5, 0.6) is 11.5 Å². The van der Waals surface area contributed by atoms with Crippen molar-refractivity contribution in [2.24, 2.45) is 5.73 Å². The number of nitriles is 1. The van der Waals surface area contributed by atoms with E-state index in [-0.39, 0.29) is 29.5 Å². The lowest BCUT2D eigenvalue weighted by Crippen LogP contribution is -2.27. The van der Waals surface area contributed by atoms with Crippen LogP contribution < -0.4 is 15.2 Å². The van der Waals surface area contributed by atoms with Crippen LogP contribution in [0.15, 0.2) is 65.3 Å². The maximum Gasteiger partial charge on any atom is 0.269 e. The first-order valence-corrected chi connectivity index (χ1v) is 10.3. The number of nitro benzene ring substituents is 1. The first-order chi connectivity index (χ1) is 15.9. The number of benzene rings is 2. The summed E-state index contributed by atoms with van der Waals surface area (Å²) in [6.45, 7) is 0.176. The average molecular weight is 447 g/mol. The van der Waals surface area contributed by atoms with Gasteiger partial charge in [-0.2, -0.15) is 5.26 Å². The van der Waals surface area contributed by atoms with E-state index in [1.807, 2.05) is 0 Å². The standard InChI is InChI=1S/C24H21N3O6/c1-31-21-11-15(7-10-19(21)32-13-14-5-8-16(9-6-14)27(29)30)22-17(12-25)24(26)33-20-4-2-3-18(28)23(20)22/h5-11,22H,2-4,13,26H2,1H3/t22-/m0/s1. The fraction of sp³-hybridized carbons (Fsp3) is 0.250. The number of rotatable bonds is 6. The van der Waals surface area contributed by atoms with Gasteiger partial charge >= 0.3 is 0 Å². The summed E-state index contributed by atoms with van der Waals surface area (Å²) < 4.78 is 17.0. The van der Waals surface area contributed by atoms with Crippen molar-refractivity contribution < 1.29 is 23.9 Å². The minimum atomic E-state index is -0.635. The Labute approximate surface area is 189 Å². The highest BCUT2D eigenvalue weighted by atomic mass is 16.6. The second kappa shape index (κ2) is 9.04. The molecular weight excluding hydrogens is 426 g/mol. The zero-order valence-electron chi connectivity index (χ0n) is 17.9. The fourth-order valence-electron chi connectivity index (χ4n) is 4.05. The molecule has 0 aromatic heterocycles. The van der Waals surface area contributed by atoms with E-state index in [4.69, 9.17) is 19.9 Å². The fourth-order valence-corrected chi connectivity index (χ4v) is 4.05. The van der Waals surface area contributed by atoms with Crippen LogP contribution >= 0.6 is 0 Å². The topological polar surface area (TPSA) is 138 Å². The SMILES string of the molecule is COc1cc([C@H]2C(C#N)=C(N)OC3=C2C(=O)CCC3)ccc1OCc1ccc([N+](=O)[O-])cc1. The van der Waals surface area contributed by atoms with Gasteiger partial charge in [0, 0.05) is 30.5 Å². The summed E-state index contributed by atoms with van der Waals surface area (Å²) in [4.78, 5) is 23.1. The van der Waals surface area contributed by atoms with Gasteiger partial charge in [0.15, 0.2) is 17.3 Å². The molecule has 0 saturated carbocycles. The number of ether oxygens (including phenoxy) is 3. The predicted molar refractivity (Wildman–Crippen MR) is 117 cm³/mol. The van der Waals surface area contributed by atoms with Crippen LogP contribution in [0.3, 0.4) is 0 Å². The van der Waals surface area contributed by atoms with Crippen molar-refractivity contribution in [1.82, 2.24) is 0 Å². The molecule has 0 spiro atoms. The number of non-ortho nitro benzene ring substituents is 1. The molecule has 1 aliphatic carbocycles. The Bertz CT molecular complexity index is 1220. The highest BCUT2D eigenvalue weighted by Crippen LogP contribution is 2.45. The average Bonchev–Trinajstić information content (AvgIpc) is 2.82. The molecule has 0 amide bonds. The van der Waals surface area contributed by atoms with E-state index in [2.05, 4.69) is 6.07 Å². The van der Waals surface area contributed by atoms with Crippen LogP contribution in [0.1, 0.15) is 36.3 Å². The van der Waals surface area contributed by atoms with Gasteiger partial charge in [-0.15, -0.1) is 0 Å². The normalized spacial score (nSPS) is 17.7. The van der Waals surface area contributed by atoms with E-state index in [1.54, 1.807) is 30.3 Å². The summed E-state index contributed by atoms with van der Waals surface area (Å²) in [5.74, 6) is 0.704. The van der Waals surface area contributed by atoms with E-state index < -0.39 is 10.8 Å². The Morgan fingerprint density at radius 2 is 1.97 bits per heavy atom. The van der Waals surface area contributed by atoms with Gasteiger partial charge in [0.05, 0.1) is 18.0 Å². The highest BCUT2D eigenvalue weighted by Gasteiger charge is 2.38. The second-order valence-corrected chi connectivity index (χ2v) is 7.66. The number of nitrogens with zero attached hydrogens (tertiary/aromatic N) is 2. The van der Waals surface area contributed by atoms with Crippen LogP contribution in [-0.2, 0) is 16.1 Å². The molecule has 2 aromatic carbocycles. The molecule has 1 heterocycles. The lowest BCUT2D eigenvalue weighted by molar-refractivity contribution is -0.384. The Morgan fingerprint density at radius 3 is 2.64 bits per heavy atom. The number of methoxy groups -OCH3 is 1. The number of nitrogens with two attached hydrogens (primary N) is 1. The van der Waals surface area contributed by atoms with E-state index in [0.717, 1.165) is 5.56 Å². The van der Waals surface area contributed by atoms with Gasteiger partial charge in [-0.25, -0.2) is 0 Å². The minimum absolute atomic E-state index is 0.00343. The zero-order valence-corrected chi connectivity index (χ0v) is 17.9. The second-order valence-electron chi connectivity index (χ2n) is 7.66. The van der Waals surface area contributed by atoms with Crippen LogP contribution in [0, 0.1) is 21.4 Å². The number of hydrogen-bond acceptors (Lipinski definition) is 8. The summed E-state index contributed by atoms with van der Waals surface area (Å²) in [5, 5.41) is 20.5. The van der Waals surface area contributed by atoms with Crippen molar-refractivity contribution in [2.75, 3.05) is 7.11 Å². The summed E-state index contributed by atoms with van der Waals surface area (Å²) >= 11 is 0. The van der Waals surface area contributed by atoms with E-state index in [9.17, 15) is 20.2 Å². The molecule has 0 unspecified atom stereocenters. The van der Waals surface area contributed by atoms with Gasteiger partial charge in [0.2, 0.25) is 5.88 Å². The third-order valence-electron chi connectivity index (χ3n) is 5.67. The van der Waals surface area contributed by atoms with Crippen molar-refractivity contribution in [2.45, 2.75) is 31.8 Å². The minimum Gasteiger partial charge on any atom is -0.493 e. The Balaban J connectivity index is 1.63. The van der Waals surface area contributed by atoms with Gasteiger partial charge in [0.25, 0.3) is 5.69 Å². The molecule has 9 nitrogen and oxygen atoms in total. The number of carbonyl (C=O) groups is 1. The third-order valence-corrected chi connectivity index (χ3v) is 5.67. The van der Waals surface area contributed by atoms with Gasteiger partial charge in [-0.05, 0) is 41.8 Å². The van der Waals surface area contributed by atoms with Crippen LogP contribution in [0.2, 0.25) is 0 Å². The quantitative estimate of drug-likeness (QED) is 0.518. The van der Waals surface area contributed by atoms with Gasteiger partial charge < -0.3 is 19.9 Å². The molecule has 2 aromatic rings. The van der Waals surface area contributed by atoms with Gasteiger partial charge in [-0.1, -0.05) is 6.07 Å². The molecule has 0 fully saturated rings. The maximum absolute atomic E-state index is 12.7. The molecule has 2 aliphatic rings. The van der Waals surface area contributed by atoms with Crippen molar-refractivity contribution in [3.05, 3.63) is 86.5 Å². The maximum atomic E-state index is 12.7. The molecule has 0 radical (unpaired) electrons. The number of ketones is 1. The molecule has 0 bridgehead atoms. The molecular formula is C24H21N3O6. The number of Topliss-reactive ketones (excluding diaryl/α,β-unsaturated/α-hetero) is 1.